The monoisotopic (exact) mass is 748 g/mol. The Labute approximate surface area is 314 Å². The number of carboxylic acid groups (broad SMARTS) is 1. The topological polar surface area (TPSA) is 153 Å². The molecule has 288 valence electrons. The first-order valence-corrected chi connectivity index (χ1v) is 20.9. The summed E-state index contributed by atoms with van der Waals surface area (Å²) in [5, 5.41) is 11.3. The Morgan fingerprint density at radius 3 is 1.87 bits per heavy atom. The third-order valence-electron chi connectivity index (χ3n) is 10.4. The van der Waals surface area contributed by atoms with Gasteiger partial charge in [0.25, 0.3) is 0 Å². The Morgan fingerprint density at radius 1 is 0.792 bits per heavy atom. The number of carbonyl (C=O) groups excluding carboxylic acids is 2. The van der Waals surface area contributed by atoms with Crippen LogP contribution in [0.1, 0.15) is 99.9 Å². The quantitative estimate of drug-likeness (QED) is 0.0841. The van der Waals surface area contributed by atoms with Crippen molar-refractivity contribution in [3.05, 3.63) is 96.1 Å². The predicted octanol–water partition coefficient (Wildman–Crippen LogP) is 8.08. The van der Waals surface area contributed by atoms with Gasteiger partial charge in [-0.05, 0) is 73.3 Å². The van der Waals surface area contributed by atoms with E-state index in [9.17, 15) is 28.7 Å². The summed E-state index contributed by atoms with van der Waals surface area (Å²) in [7, 11) is -4.59. The number of benzene rings is 3. The second-order valence-corrected chi connectivity index (χ2v) is 16.1. The van der Waals surface area contributed by atoms with E-state index in [1.165, 1.54) is 6.42 Å². The highest BCUT2D eigenvalue weighted by molar-refractivity contribution is 7.52. The van der Waals surface area contributed by atoms with E-state index in [2.05, 4.69) is 17.4 Å². The standard InChI is InChI=1S/C35H51N2O6P.C7H6O2/c1-2-43-34(38)22-23-36-35(39)32(24-28-18-20-31(21-19-28)30-16-10-5-11-17-30)37(26-29-14-8-4-9-15-29)33(44(40,41)42)25-27-12-6-3-7-13-27;8-7(9)6-4-2-1-3-5-6/h5,10-11,16-21,27,29,32-33H,2-4,6-9,12-15,22-26H2,1H3,(H,36,39)(H2,40,41,42);1-5H,(H,8,9). The zero-order valence-corrected chi connectivity index (χ0v) is 31.9. The van der Waals surface area contributed by atoms with Crippen LogP contribution in [0.5, 0.6) is 0 Å². The van der Waals surface area contributed by atoms with Gasteiger partial charge < -0.3 is 24.9 Å². The second kappa shape index (κ2) is 21.8. The largest absolute Gasteiger partial charge is 0.478 e. The summed E-state index contributed by atoms with van der Waals surface area (Å²) >= 11 is 0. The van der Waals surface area contributed by atoms with Crippen LogP contribution in [0.15, 0.2) is 84.9 Å². The number of nitrogens with zero attached hydrogens (tertiary/aromatic N) is 1. The Morgan fingerprint density at radius 2 is 1.34 bits per heavy atom. The molecule has 0 saturated heterocycles. The molecule has 0 spiro atoms. The highest BCUT2D eigenvalue weighted by Gasteiger charge is 2.43. The first-order valence-electron chi connectivity index (χ1n) is 19.2. The molecule has 4 N–H and O–H groups in total. The van der Waals surface area contributed by atoms with Crippen LogP contribution in [0.3, 0.4) is 0 Å². The lowest BCUT2D eigenvalue weighted by molar-refractivity contribution is -0.143. The number of amides is 1. The van der Waals surface area contributed by atoms with Gasteiger partial charge in [0.05, 0.1) is 24.6 Å². The molecule has 0 radical (unpaired) electrons. The van der Waals surface area contributed by atoms with Crippen LogP contribution in [0.2, 0.25) is 0 Å². The summed E-state index contributed by atoms with van der Waals surface area (Å²) in [6.45, 7) is 2.60. The molecule has 0 aliphatic heterocycles. The van der Waals surface area contributed by atoms with Crippen LogP contribution in [0, 0.1) is 11.8 Å². The number of hydrogen-bond donors (Lipinski definition) is 4. The summed E-state index contributed by atoms with van der Waals surface area (Å²) < 4.78 is 18.3. The van der Waals surface area contributed by atoms with Gasteiger partial charge in [-0.25, -0.2) is 4.79 Å². The number of esters is 1. The van der Waals surface area contributed by atoms with Crippen LogP contribution in [0.4, 0.5) is 0 Å². The molecule has 2 aliphatic rings. The van der Waals surface area contributed by atoms with Gasteiger partial charge in [0.15, 0.2) is 0 Å². The lowest BCUT2D eigenvalue weighted by Crippen LogP contribution is -2.54. The van der Waals surface area contributed by atoms with E-state index in [0.29, 0.717) is 24.9 Å². The van der Waals surface area contributed by atoms with Crippen molar-refractivity contribution in [3.63, 3.8) is 0 Å². The van der Waals surface area contributed by atoms with Crippen molar-refractivity contribution < 1.29 is 38.6 Å². The maximum atomic E-state index is 14.0. The van der Waals surface area contributed by atoms with Gasteiger partial charge in [-0.1, -0.05) is 124 Å². The SMILES string of the molecule is CCOC(=O)CCNC(=O)C(Cc1ccc(-c2ccccc2)cc1)N(CC1CCCCC1)C(CC1CCCCC1)P(=O)(O)O.O=C(O)c1ccccc1. The molecule has 5 rings (SSSR count). The fourth-order valence-corrected chi connectivity index (χ4v) is 8.79. The molecule has 2 unspecified atom stereocenters. The van der Waals surface area contributed by atoms with Crippen molar-refractivity contribution in [2.24, 2.45) is 11.8 Å². The van der Waals surface area contributed by atoms with Gasteiger partial charge in [-0.3, -0.25) is 19.1 Å². The van der Waals surface area contributed by atoms with Gasteiger partial charge in [0, 0.05) is 13.1 Å². The molecule has 11 heteroatoms. The molecule has 1 amide bonds. The average molecular weight is 749 g/mol. The molecule has 3 aromatic rings. The second-order valence-electron chi connectivity index (χ2n) is 14.3. The number of aromatic carboxylic acids is 1. The van der Waals surface area contributed by atoms with Crippen molar-refractivity contribution in [2.45, 2.75) is 102 Å². The normalized spacial score (nSPS) is 16.5. The lowest BCUT2D eigenvalue weighted by Gasteiger charge is -2.42. The van der Waals surface area contributed by atoms with E-state index in [0.717, 1.165) is 74.5 Å². The van der Waals surface area contributed by atoms with Crippen molar-refractivity contribution in [1.82, 2.24) is 10.2 Å². The molecule has 2 fully saturated rings. The maximum absolute atomic E-state index is 14.0. The summed E-state index contributed by atoms with van der Waals surface area (Å²) in [4.78, 5) is 59.8. The van der Waals surface area contributed by atoms with E-state index in [-0.39, 0.29) is 43.3 Å². The van der Waals surface area contributed by atoms with Crippen molar-refractivity contribution in [3.8, 4) is 11.1 Å². The lowest BCUT2D eigenvalue weighted by atomic mass is 9.85. The third-order valence-corrected chi connectivity index (χ3v) is 11.7. The Kier molecular flexibility index (Phi) is 17.2. The first-order chi connectivity index (χ1) is 25.5. The molecule has 0 aromatic heterocycles. The molecule has 3 aromatic carbocycles. The molecular formula is C42H57N2O8P. The molecule has 10 nitrogen and oxygen atoms in total. The van der Waals surface area contributed by atoms with Gasteiger partial charge in [0.1, 0.15) is 5.78 Å². The van der Waals surface area contributed by atoms with E-state index in [1.807, 2.05) is 47.4 Å². The smallest absolute Gasteiger partial charge is 0.342 e. The van der Waals surface area contributed by atoms with Crippen molar-refractivity contribution >= 4 is 25.4 Å². The Bertz CT molecular complexity index is 1590. The third kappa shape index (κ3) is 14.2. The number of carboxylic acids is 1. The average Bonchev–Trinajstić information content (AvgIpc) is 3.17. The molecule has 53 heavy (non-hydrogen) atoms. The number of ether oxygens (including phenoxy) is 1. The van der Waals surface area contributed by atoms with Gasteiger partial charge in [0.2, 0.25) is 5.91 Å². The van der Waals surface area contributed by atoms with E-state index >= 15 is 0 Å². The fraction of sp³-hybridized carbons (Fsp3) is 0.500. The minimum Gasteiger partial charge on any atom is -0.478 e. The molecule has 2 aliphatic carbocycles. The Hall–Kier alpha value is -3.82. The van der Waals surface area contributed by atoms with Crippen LogP contribution < -0.4 is 5.32 Å². The number of rotatable bonds is 16. The number of hydrogen-bond acceptors (Lipinski definition) is 6. The van der Waals surface area contributed by atoms with Gasteiger partial charge in [-0.15, -0.1) is 0 Å². The number of carbonyl (C=O) groups is 3. The molecule has 0 heterocycles. The maximum Gasteiger partial charge on any atom is 0.342 e. The number of nitrogens with one attached hydrogen (secondary N) is 1. The highest BCUT2D eigenvalue weighted by Crippen LogP contribution is 2.49. The summed E-state index contributed by atoms with van der Waals surface area (Å²) in [6, 6.07) is 25.7. The molecular weight excluding hydrogens is 691 g/mol. The minimum absolute atomic E-state index is 0.0463. The van der Waals surface area contributed by atoms with Crippen LogP contribution in [-0.4, -0.2) is 69.2 Å². The molecule has 0 bridgehead atoms. The summed E-state index contributed by atoms with van der Waals surface area (Å²) in [5.74, 6) is -2.09. The van der Waals surface area contributed by atoms with Crippen molar-refractivity contribution in [2.75, 3.05) is 19.7 Å². The van der Waals surface area contributed by atoms with Crippen LogP contribution in [-0.2, 0) is 25.3 Å². The zero-order valence-electron chi connectivity index (χ0n) is 31.0. The first kappa shape index (κ1) is 41.9. The van der Waals surface area contributed by atoms with E-state index in [4.69, 9.17) is 9.84 Å². The van der Waals surface area contributed by atoms with Crippen molar-refractivity contribution in [1.29, 1.82) is 0 Å². The predicted molar refractivity (Wildman–Crippen MR) is 207 cm³/mol. The van der Waals surface area contributed by atoms with Crippen LogP contribution >= 0.6 is 7.60 Å². The highest BCUT2D eigenvalue weighted by atomic mass is 31.2. The van der Waals surface area contributed by atoms with E-state index in [1.54, 1.807) is 37.3 Å². The van der Waals surface area contributed by atoms with Crippen LogP contribution in [0.25, 0.3) is 11.1 Å². The van der Waals surface area contributed by atoms with Gasteiger partial charge >= 0.3 is 19.5 Å². The molecule has 2 atom stereocenters. The van der Waals surface area contributed by atoms with E-state index < -0.39 is 25.4 Å². The van der Waals surface area contributed by atoms with Gasteiger partial charge in [-0.2, -0.15) is 0 Å². The minimum atomic E-state index is -4.59. The fourth-order valence-electron chi connectivity index (χ4n) is 7.58. The summed E-state index contributed by atoms with van der Waals surface area (Å²) in [5.41, 5.74) is 3.41. The zero-order chi connectivity index (χ0) is 38.1. The summed E-state index contributed by atoms with van der Waals surface area (Å²) in [6.07, 6.45) is 11.3. The molecule has 2 saturated carbocycles. The Balaban J connectivity index is 0.000000608.